The van der Waals surface area contributed by atoms with Crippen LogP contribution in [0.2, 0.25) is 0 Å². The molecule has 3 aromatic heterocycles. The van der Waals surface area contributed by atoms with Gasteiger partial charge in [-0.2, -0.15) is 8.78 Å². The maximum atomic E-state index is 15.5. The van der Waals surface area contributed by atoms with Crippen LogP contribution in [0.15, 0.2) is 115 Å². The van der Waals surface area contributed by atoms with Crippen molar-refractivity contribution in [2.75, 3.05) is 121 Å². The van der Waals surface area contributed by atoms with Crippen molar-refractivity contribution >= 4 is 85.0 Å². The quantitative estimate of drug-likeness (QED) is 0.0517. The van der Waals surface area contributed by atoms with Crippen LogP contribution in [0, 0.1) is 105 Å². The first-order valence-electron chi connectivity index (χ1n) is 43.9. The van der Waals surface area contributed by atoms with E-state index in [-0.39, 0.29) is 124 Å². The minimum Gasteiger partial charge on any atom is -0.870 e. The Morgan fingerprint density at radius 2 is 0.762 bits per heavy atom. The number of morpholine rings is 1. The number of hydrogen-bond acceptors (Lipinski definition) is 22. The molecule has 6 aromatic carbocycles. The number of carboxylic acids is 1. The predicted octanol–water partition coefficient (Wildman–Crippen LogP) is 14.7. The summed E-state index contributed by atoms with van der Waals surface area (Å²) in [7, 11) is 2.94. The number of amides is 3. The number of aliphatic carboxylic acids is 1. The fourth-order valence-electron chi connectivity index (χ4n) is 20.1. The molecule has 6 aliphatic heterocycles. The Morgan fingerprint density at radius 3 is 1.11 bits per heavy atom. The molecule has 9 fully saturated rings. The maximum Gasteiger partial charge on any atom is 1.00 e. The van der Waals surface area contributed by atoms with Crippen molar-refractivity contribution in [2.45, 2.75) is 138 Å². The van der Waals surface area contributed by atoms with Gasteiger partial charge in [-0.3, -0.25) is 28.8 Å². The van der Waals surface area contributed by atoms with E-state index in [2.05, 4.69) is 39.1 Å². The summed E-state index contributed by atoms with van der Waals surface area (Å²) in [6.07, 6.45) is 12.5. The standard InChI is InChI=1S/C33H38FN3O4S.C32H36FN3O4S.C32H37N3O5S.Li.H2O/c1-20-7-12-27(41-19-25-11-8-22(16-21(25)2)31(38)36-13-5-4-6-14-36)26(15-20)29-30(34)42-33(35-29)37-17-23-9-10-24(18-37)28(23)32(39)40-3;1-19-6-11-26(40-18-24-10-7-21(15-20(24)2)30(37)35-12-4-3-5-13-35)25(14-19)28-29(33)41-32(34-28)36-16-22-8-9-23(17-36)27(22)31(38)39;1-20-4-9-28(40-18-25-8-5-22(15-21(25)2)30(36)34-10-12-39-13-11-34)26(14-20)27-19-41-32(33-27)35-16-23-6-7-24(17-35)29(23)31(37)38-3;;/h7-8,11-12,15-16,23-24,28H,4-6,9-10,13-14,17-19H2,1-3H3;6-7,10-11,14-15,22-23,27H,3-5,8-9,12-13,16-18H2,1-2H3,(H,38,39);4-5,8-9,14-15,19,23-24,29H,6-7,10-13,16-18H2,1-3H3;;1H2/q;;;+1;/p-1. The van der Waals surface area contributed by atoms with E-state index in [0.29, 0.717) is 127 Å². The van der Waals surface area contributed by atoms with E-state index in [1.807, 2.05) is 146 Å². The Labute approximate surface area is 760 Å². The van der Waals surface area contributed by atoms with Gasteiger partial charge >= 0.3 is 36.8 Å². The summed E-state index contributed by atoms with van der Waals surface area (Å²) >= 11 is 3.71. The Balaban J connectivity index is 0.000000152. The van der Waals surface area contributed by atoms with Gasteiger partial charge in [0.1, 0.15) is 48.5 Å². The number of fused-ring (bicyclic) bond motifs is 6. The largest absolute Gasteiger partial charge is 1.00 e. The zero-order chi connectivity index (χ0) is 86.6. The number of aryl methyl sites for hydroxylation is 6. The van der Waals surface area contributed by atoms with Gasteiger partial charge in [0.2, 0.25) is 10.3 Å². The molecular weight excluding hydrogens is 1660 g/mol. The molecule has 6 saturated heterocycles. The van der Waals surface area contributed by atoms with Crippen molar-refractivity contribution < 1.29 is 95.4 Å². The molecule has 9 aromatic rings. The molecular formula is C97H112F2LiN9O14S3. The number of carbonyl (C=O) groups is 6. The number of carbonyl (C=O) groups excluding carboxylic acids is 5. The zero-order valence-electron chi connectivity index (χ0n) is 73.5. The van der Waals surface area contributed by atoms with Crippen LogP contribution in [0.1, 0.15) is 158 Å². The van der Waals surface area contributed by atoms with Gasteiger partial charge in [0, 0.05) is 117 Å². The Kier molecular flexibility index (Phi) is 30.1. The van der Waals surface area contributed by atoms with Gasteiger partial charge in [-0.15, -0.1) is 11.3 Å². The number of esters is 2. The molecule has 6 bridgehead atoms. The number of thiazole rings is 3. The zero-order valence-corrected chi connectivity index (χ0v) is 75.9. The van der Waals surface area contributed by atoms with Crippen molar-refractivity contribution in [2.24, 2.45) is 53.3 Å². The van der Waals surface area contributed by atoms with Crippen LogP contribution in [-0.4, -0.2) is 182 Å². The number of hydrogen-bond donors (Lipinski definition) is 1. The number of piperidine rings is 5. The molecule has 6 atom stereocenters. The number of rotatable bonds is 21. The van der Waals surface area contributed by atoms with Gasteiger partial charge in [0.05, 0.1) is 50.9 Å². The number of benzene rings is 6. The molecule has 18 rings (SSSR count). The molecule has 0 spiro atoms. The van der Waals surface area contributed by atoms with Gasteiger partial charge in [0.25, 0.3) is 17.7 Å². The fourth-order valence-corrected chi connectivity index (χ4v) is 22.6. The van der Waals surface area contributed by atoms with Crippen LogP contribution >= 0.6 is 34.0 Å². The first-order valence-corrected chi connectivity index (χ1v) is 46.4. The third-order valence-corrected chi connectivity index (χ3v) is 29.6. The normalized spacial score (nSPS) is 21.7. The van der Waals surface area contributed by atoms with Crippen molar-refractivity contribution in [3.8, 4) is 51.0 Å². The van der Waals surface area contributed by atoms with E-state index in [9.17, 15) is 33.9 Å². The smallest absolute Gasteiger partial charge is 0.870 e. The number of nitrogens with zero attached hydrogens (tertiary/aromatic N) is 9. The van der Waals surface area contributed by atoms with E-state index >= 15 is 8.78 Å². The molecule has 0 radical (unpaired) electrons. The summed E-state index contributed by atoms with van der Waals surface area (Å²) in [5.41, 5.74) is 14.8. The number of carboxylic acid groups (broad SMARTS) is 1. The van der Waals surface area contributed by atoms with Crippen LogP contribution in [-0.2, 0) is 48.4 Å². The van der Waals surface area contributed by atoms with Gasteiger partial charge in [0.15, 0.2) is 15.4 Å². The Hall–Kier alpha value is -9.79. The van der Waals surface area contributed by atoms with Crippen molar-refractivity contribution in [3.05, 3.63) is 192 Å². The molecule has 3 aliphatic carbocycles. The summed E-state index contributed by atoms with van der Waals surface area (Å²) in [6.45, 7) is 22.9. The summed E-state index contributed by atoms with van der Waals surface area (Å²) in [6, 6.07) is 34.9. The average molecular weight is 1770 g/mol. The Bertz CT molecular complexity index is 5390. The molecule has 23 nitrogen and oxygen atoms in total. The number of ether oxygens (including phenoxy) is 6. The summed E-state index contributed by atoms with van der Waals surface area (Å²) in [5.74, 6) is 2.02. The first-order chi connectivity index (χ1) is 60.0. The topological polar surface area (TPSA) is 266 Å². The van der Waals surface area contributed by atoms with E-state index in [0.717, 1.165) is 198 Å². The summed E-state index contributed by atoms with van der Waals surface area (Å²) < 4.78 is 65.3. The molecule has 29 heteroatoms. The third-order valence-electron chi connectivity index (χ3n) is 26.9. The van der Waals surface area contributed by atoms with Crippen LogP contribution in [0.25, 0.3) is 33.8 Å². The minimum absolute atomic E-state index is 0. The van der Waals surface area contributed by atoms with Gasteiger partial charge in [-0.25, -0.2) is 15.0 Å². The minimum atomic E-state index is -0.719. The number of aromatic nitrogens is 3. The van der Waals surface area contributed by atoms with E-state index in [1.54, 1.807) is 11.3 Å². The fraction of sp³-hybridized carbons (Fsp3) is 0.474. The molecule has 126 heavy (non-hydrogen) atoms. The molecule has 3 saturated carbocycles. The maximum absolute atomic E-state index is 15.5. The van der Waals surface area contributed by atoms with Crippen LogP contribution in [0.3, 0.4) is 0 Å². The first kappa shape index (κ1) is 92.4. The number of halogens is 2. The van der Waals surface area contributed by atoms with Gasteiger partial charge in [-0.1, -0.05) is 75.8 Å². The molecule has 6 unspecified atom stereocenters. The second kappa shape index (κ2) is 41.1. The second-order valence-electron chi connectivity index (χ2n) is 35.1. The molecule has 9 aliphatic rings. The number of anilines is 3. The van der Waals surface area contributed by atoms with Gasteiger partial charge < -0.3 is 68.4 Å². The molecule has 662 valence electrons. The van der Waals surface area contributed by atoms with Crippen molar-refractivity contribution in [3.63, 3.8) is 0 Å². The van der Waals surface area contributed by atoms with Gasteiger partial charge in [-0.05, 0) is 260 Å². The molecule has 2 N–H and O–H groups in total. The second-order valence-corrected chi connectivity index (χ2v) is 37.8. The monoisotopic (exact) mass is 1770 g/mol. The summed E-state index contributed by atoms with van der Waals surface area (Å²) in [4.78, 5) is 102. The number of methoxy groups -OCH3 is 2. The predicted molar refractivity (Wildman–Crippen MR) is 479 cm³/mol. The van der Waals surface area contributed by atoms with Crippen LogP contribution in [0.4, 0.5) is 24.2 Å². The van der Waals surface area contributed by atoms with E-state index < -0.39 is 5.97 Å². The molecule has 9 heterocycles. The van der Waals surface area contributed by atoms with Crippen molar-refractivity contribution in [1.82, 2.24) is 29.7 Å². The van der Waals surface area contributed by atoms with E-state index in [4.69, 9.17) is 43.4 Å². The Morgan fingerprint density at radius 1 is 0.429 bits per heavy atom. The summed E-state index contributed by atoms with van der Waals surface area (Å²) in [5, 5.41) is 13.2. The third kappa shape index (κ3) is 20.5. The molecule has 3 amide bonds. The average Bonchev–Trinajstić information content (AvgIpc) is 1.63. The van der Waals surface area contributed by atoms with E-state index in [1.165, 1.54) is 27.1 Å². The van der Waals surface area contributed by atoms with Crippen LogP contribution < -0.4 is 47.8 Å². The van der Waals surface area contributed by atoms with Crippen molar-refractivity contribution in [1.29, 1.82) is 0 Å². The number of likely N-dealkylation sites (tertiary alicyclic amines) is 2. The SMILES string of the molecule is COC(=O)C1C2CCC1CN(c1nc(-c3cc(C)ccc3OCc3ccc(C(=O)N4CCCCC4)cc3C)c(F)s1)C2.COC(=O)C1C2CCC1CN(c1nc(-c3cc(C)ccc3OCc3ccc(C(=O)N4CCOCC4)cc3C)cs1)C2.Cc1ccc(OCc2ccc(C(=O)N3CCCCC3)cc2C)c(-c2nc(N3CC4CCC(C3)C4C(=O)O)sc2F)c1.[Li+].[OH-]. The van der Waals surface area contributed by atoms with Crippen LogP contribution in [0.5, 0.6) is 17.2 Å².